The Hall–Kier alpha value is -2.93. The highest BCUT2D eigenvalue weighted by atomic mass is 32.1. The first-order valence-electron chi connectivity index (χ1n) is 6.62. The maximum Gasteiger partial charge on any atom is 0.235 e. The molecule has 0 amide bonds. The predicted octanol–water partition coefficient (Wildman–Crippen LogP) is 2.81. The number of hydrogen-bond acceptors (Lipinski definition) is 6. The lowest BCUT2D eigenvalue weighted by molar-refractivity contribution is 0.948. The van der Waals surface area contributed by atoms with Gasteiger partial charge in [0, 0.05) is 12.4 Å². The number of fused-ring (bicyclic) bond motifs is 1. The van der Waals surface area contributed by atoms with Gasteiger partial charge in [-0.3, -0.25) is 4.98 Å². The summed E-state index contributed by atoms with van der Waals surface area (Å²) in [5.41, 5.74) is 1.78. The summed E-state index contributed by atoms with van der Waals surface area (Å²) < 4.78 is 1.69. The van der Waals surface area contributed by atoms with Gasteiger partial charge in [-0.05, 0) is 11.6 Å². The van der Waals surface area contributed by atoms with Crippen LogP contribution in [-0.4, -0.2) is 29.8 Å². The van der Waals surface area contributed by atoms with Gasteiger partial charge in [0.05, 0.1) is 6.20 Å². The second kappa shape index (κ2) is 5.45. The van der Waals surface area contributed by atoms with Crippen LogP contribution in [0.3, 0.4) is 0 Å². The van der Waals surface area contributed by atoms with Gasteiger partial charge in [-0.25, -0.2) is 4.98 Å². The molecule has 0 atom stereocenters. The Kier molecular flexibility index (Phi) is 3.17. The molecule has 4 rings (SSSR count). The molecular weight excluding hydrogens is 296 g/mol. The van der Waals surface area contributed by atoms with Gasteiger partial charge in [0.25, 0.3) is 0 Å². The Morgan fingerprint density at radius 2 is 1.91 bits per heavy atom. The minimum Gasteiger partial charge on any atom is -0.261 e. The summed E-state index contributed by atoms with van der Waals surface area (Å²) in [7, 11) is 0. The fourth-order valence-corrected chi connectivity index (χ4v) is 2.75. The largest absolute Gasteiger partial charge is 0.261 e. The molecular formula is C15H10N6S. The SMILES string of the molecule is C(=C\c1nn2c(-c3cnccn3)nnc2s1)/c1ccccc1. The van der Waals surface area contributed by atoms with Crippen molar-refractivity contribution in [1.29, 1.82) is 0 Å². The molecule has 0 bridgehead atoms. The Labute approximate surface area is 129 Å². The fourth-order valence-electron chi connectivity index (χ4n) is 2.01. The molecule has 0 fully saturated rings. The Morgan fingerprint density at radius 3 is 2.73 bits per heavy atom. The van der Waals surface area contributed by atoms with Crippen molar-refractivity contribution in [2.45, 2.75) is 0 Å². The van der Waals surface area contributed by atoms with Crippen molar-refractivity contribution in [3.05, 3.63) is 59.5 Å². The van der Waals surface area contributed by atoms with E-state index in [-0.39, 0.29) is 0 Å². The summed E-state index contributed by atoms with van der Waals surface area (Å²) in [5, 5.41) is 13.6. The average Bonchev–Trinajstić information content (AvgIpc) is 3.15. The standard InChI is InChI=1S/C15H10N6S/c1-2-4-11(5-3-1)6-7-13-20-21-14(18-19-15(21)22-13)12-10-16-8-9-17-12/h1-10H/b7-6+. The third-order valence-electron chi connectivity index (χ3n) is 3.02. The van der Waals surface area contributed by atoms with Gasteiger partial charge >= 0.3 is 0 Å². The van der Waals surface area contributed by atoms with E-state index in [9.17, 15) is 0 Å². The molecule has 3 aromatic heterocycles. The van der Waals surface area contributed by atoms with E-state index in [0.717, 1.165) is 15.5 Å². The number of rotatable bonds is 3. The van der Waals surface area contributed by atoms with Crippen LogP contribution in [0.4, 0.5) is 0 Å². The molecule has 22 heavy (non-hydrogen) atoms. The van der Waals surface area contributed by atoms with Crippen molar-refractivity contribution in [1.82, 2.24) is 29.8 Å². The van der Waals surface area contributed by atoms with Crippen LogP contribution in [-0.2, 0) is 0 Å². The van der Waals surface area contributed by atoms with Crippen molar-refractivity contribution in [2.75, 3.05) is 0 Å². The molecule has 7 heteroatoms. The minimum atomic E-state index is 0.596. The van der Waals surface area contributed by atoms with Gasteiger partial charge in [0.1, 0.15) is 10.7 Å². The maximum atomic E-state index is 4.52. The topological polar surface area (TPSA) is 68.9 Å². The minimum absolute atomic E-state index is 0.596. The zero-order valence-electron chi connectivity index (χ0n) is 11.4. The van der Waals surface area contributed by atoms with Crippen LogP contribution >= 0.6 is 11.3 Å². The molecule has 106 valence electrons. The number of aromatic nitrogens is 6. The smallest absolute Gasteiger partial charge is 0.235 e. The van der Waals surface area contributed by atoms with E-state index in [1.807, 2.05) is 42.5 Å². The quantitative estimate of drug-likeness (QED) is 0.582. The van der Waals surface area contributed by atoms with Crippen LogP contribution < -0.4 is 0 Å². The highest BCUT2D eigenvalue weighted by Gasteiger charge is 2.13. The van der Waals surface area contributed by atoms with Crippen LogP contribution in [0.5, 0.6) is 0 Å². The highest BCUT2D eigenvalue weighted by Crippen LogP contribution is 2.20. The van der Waals surface area contributed by atoms with E-state index < -0.39 is 0 Å². The van der Waals surface area contributed by atoms with Gasteiger partial charge in [-0.1, -0.05) is 47.7 Å². The van der Waals surface area contributed by atoms with Crippen LogP contribution in [0.2, 0.25) is 0 Å². The molecule has 0 aliphatic heterocycles. The molecule has 0 spiro atoms. The van der Waals surface area contributed by atoms with Gasteiger partial charge in [0.2, 0.25) is 10.8 Å². The monoisotopic (exact) mass is 306 g/mol. The van der Waals surface area contributed by atoms with Crippen molar-refractivity contribution < 1.29 is 0 Å². The molecule has 4 aromatic rings. The van der Waals surface area contributed by atoms with E-state index in [1.165, 1.54) is 11.3 Å². The molecule has 6 nitrogen and oxygen atoms in total. The average molecular weight is 306 g/mol. The molecule has 0 N–H and O–H groups in total. The van der Waals surface area contributed by atoms with Crippen molar-refractivity contribution in [3.63, 3.8) is 0 Å². The summed E-state index contributed by atoms with van der Waals surface area (Å²) in [4.78, 5) is 9.01. The second-order valence-electron chi connectivity index (χ2n) is 4.49. The van der Waals surface area contributed by atoms with Crippen LogP contribution in [0, 0.1) is 0 Å². The molecule has 0 saturated heterocycles. The molecule has 0 radical (unpaired) electrons. The molecule has 3 heterocycles. The number of benzene rings is 1. The van der Waals surface area contributed by atoms with Gasteiger partial charge in [-0.15, -0.1) is 10.2 Å². The molecule has 0 aliphatic carbocycles. The van der Waals surface area contributed by atoms with Gasteiger partial charge < -0.3 is 0 Å². The third-order valence-corrected chi connectivity index (χ3v) is 3.88. The summed E-state index contributed by atoms with van der Waals surface area (Å²) >= 11 is 1.48. The number of hydrogen-bond donors (Lipinski definition) is 0. The number of nitrogens with zero attached hydrogens (tertiary/aromatic N) is 6. The summed E-state index contributed by atoms with van der Waals surface area (Å²) in [5.74, 6) is 0.596. The first-order chi connectivity index (χ1) is 10.9. The van der Waals surface area contributed by atoms with Crippen molar-refractivity contribution >= 4 is 28.4 Å². The summed E-state index contributed by atoms with van der Waals surface area (Å²) in [6.07, 6.45) is 8.88. The molecule has 1 aromatic carbocycles. The van der Waals surface area contributed by atoms with Gasteiger partial charge in [-0.2, -0.15) is 9.61 Å². The van der Waals surface area contributed by atoms with Crippen LogP contribution in [0.25, 0.3) is 28.6 Å². The lowest BCUT2D eigenvalue weighted by atomic mass is 10.2. The molecule has 0 saturated carbocycles. The first kappa shape index (κ1) is 12.8. The second-order valence-corrected chi connectivity index (χ2v) is 5.48. The van der Waals surface area contributed by atoms with E-state index in [1.54, 1.807) is 23.1 Å². The van der Waals surface area contributed by atoms with Gasteiger partial charge in [0.15, 0.2) is 0 Å². The van der Waals surface area contributed by atoms with Crippen molar-refractivity contribution in [3.8, 4) is 11.5 Å². The Bertz CT molecular complexity index is 927. The van der Waals surface area contributed by atoms with Crippen LogP contribution in [0.1, 0.15) is 10.6 Å². The normalized spacial score (nSPS) is 11.5. The zero-order chi connectivity index (χ0) is 14.8. The fraction of sp³-hybridized carbons (Fsp3) is 0. The Balaban J connectivity index is 1.70. The third kappa shape index (κ3) is 2.38. The van der Waals surface area contributed by atoms with Crippen molar-refractivity contribution in [2.24, 2.45) is 0 Å². The molecule has 0 unspecified atom stereocenters. The van der Waals surface area contributed by atoms with E-state index in [4.69, 9.17) is 0 Å². The summed E-state index contributed by atoms with van der Waals surface area (Å²) in [6.45, 7) is 0. The predicted molar refractivity (Wildman–Crippen MR) is 85.1 cm³/mol. The van der Waals surface area contributed by atoms with E-state index >= 15 is 0 Å². The summed E-state index contributed by atoms with van der Waals surface area (Å²) in [6, 6.07) is 10.1. The Morgan fingerprint density at radius 1 is 1.00 bits per heavy atom. The zero-order valence-corrected chi connectivity index (χ0v) is 12.2. The lowest BCUT2D eigenvalue weighted by Crippen LogP contribution is -1.93. The molecule has 0 aliphatic rings. The first-order valence-corrected chi connectivity index (χ1v) is 7.43. The highest BCUT2D eigenvalue weighted by molar-refractivity contribution is 7.17. The van der Waals surface area contributed by atoms with E-state index in [2.05, 4.69) is 25.3 Å². The van der Waals surface area contributed by atoms with Crippen LogP contribution in [0.15, 0.2) is 48.9 Å². The lowest BCUT2D eigenvalue weighted by Gasteiger charge is -1.93. The van der Waals surface area contributed by atoms with E-state index in [0.29, 0.717) is 11.5 Å². The maximum absolute atomic E-state index is 4.52.